The molecule has 102 valence electrons. The van der Waals surface area contributed by atoms with E-state index in [0.717, 1.165) is 17.9 Å². The van der Waals surface area contributed by atoms with Crippen LogP contribution in [0.2, 0.25) is 0 Å². The molecule has 0 saturated carbocycles. The molecule has 1 aromatic carbocycles. The minimum Gasteiger partial charge on any atom is -0.310 e. The van der Waals surface area contributed by atoms with Crippen molar-refractivity contribution >= 4 is 27.7 Å². The van der Waals surface area contributed by atoms with Crippen molar-refractivity contribution in [1.29, 1.82) is 0 Å². The van der Waals surface area contributed by atoms with Crippen LogP contribution in [0.25, 0.3) is 0 Å². The summed E-state index contributed by atoms with van der Waals surface area (Å²) in [5.41, 5.74) is 0.0966. The molecule has 0 aromatic heterocycles. The summed E-state index contributed by atoms with van der Waals surface area (Å²) in [5.74, 6) is 1.14. The summed E-state index contributed by atoms with van der Waals surface area (Å²) in [6.07, 6.45) is 0.996. The highest BCUT2D eigenvalue weighted by molar-refractivity contribution is 9.10. The first-order chi connectivity index (χ1) is 8.56. The van der Waals surface area contributed by atoms with Gasteiger partial charge >= 0.3 is 0 Å². The van der Waals surface area contributed by atoms with Crippen molar-refractivity contribution < 1.29 is 8.78 Å². The molecule has 0 aliphatic rings. The molecule has 1 aromatic rings. The number of thioether (sulfide) groups is 1. The van der Waals surface area contributed by atoms with Gasteiger partial charge in [0.25, 0.3) is 0 Å². The van der Waals surface area contributed by atoms with Gasteiger partial charge in [-0.3, -0.25) is 0 Å². The molecule has 0 fully saturated rings. The summed E-state index contributed by atoms with van der Waals surface area (Å²) in [6.45, 7) is 4.37. The molecular weight excluding hydrogens is 320 g/mol. The van der Waals surface area contributed by atoms with Gasteiger partial charge in [0.05, 0.1) is 4.47 Å². The molecule has 0 aliphatic heterocycles. The van der Waals surface area contributed by atoms with E-state index in [1.165, 1.54) is 12.1 Å². The quantitative estimate of drug-likeness (QED) is 0.586. The molecule has 0 heterocycles. The fraction of sp³-hybridized carbons (Fsp3) is 0.538. The molecular formula is C13H18BrF2NS. The molecule has 1 nitrogen and oxygen atoms in total. The Bertz CT molecular complexity index is 387. The van der Waals surface area contributed by atoms with Crippen LogP contribution >= 0.6 is 27.7 Å². The van der Waals surface area contributed by atoms with E-state index >= 15 is 0 Å². The predicted octanol–water partition coefficient (Wildman–Crippen LogP) is 4.35. The van der Waals surface area contributed by atoms with E-state index in [2.05, 4.69) is 28.2 Å². The van der Waals surface area contributed by atoms with Gasteiger partial charge in [0.15, 0.2) is 0 Å². The Morgan fingerprint density at radius 3 is 2.78 bits per heavy atom. The Morgan fingerprint density at radius 2 is 2.11 bits per heavy atom. The van der Waals surface area contributed by atoms with Gasteiger partial charge in [0.2, 0.25) is 0 Å². The summed E-state index contributed by atoms with van der Waals surface area (Å²) in [7, 11) is 0. The van der Waals surface area contributed by atoms with Gasteiger partial charge in [-0.05, 0) is 52.9 Å². The maximum Gasteiger partial charge on any atom is 0.144 e. The molecule has 1 atom stereocenters. The molecule has 5 heteroatoms. The van der Waals surface area contributed by atoms with Crippen LogP contribution in [0.1, 0.15) is 25.8 Å². The topological polar surface area (TPSA) is 12.0 Å². The van der Waals surface area contributed by atoms with Crippen molar-refractivity contribution in [1.82, 2.24) is 5.32 Å². The maximum atomic E-state index is 13.7. The lowest BCUT2D eigenvalue weighted by Gasteiger charge is -2.14. The molecule has 0 saturated heterocycles. The first kappa shape index (κ1) is 15.9. The highest BCUT2D eigenvalue weighted by Gasteiger charge is 2.12. The van der Waals surface area contributed by atoms with Crippen LogP contribution in [0.5, 0.6) is 0 Å². The summed E-state index contributed by atoms with van der Waals surface area (Å²) in [5, 5.41) is 3.15. The SMILES string of the molecule is CCSCCC(C)NCc1c(F)ccc(Br)c1F. The minimum absolute atomic E-state index is 0.0966. The second kappa shape index (κ2) is 8.12. The highest BCUT2D eigenvalue weighted by atomic mass is 79.9. The van der Waals surface area contributed by atoms with Crippen LogP contribution in [-0.2, 0) is 6.54 Å². The summed E-state index contributed by atoms with van der Waals surface area (Å²) in [4.78, 5) is 0. The van der Waals surface area contributed by atoms with E-state index in [1.807, 2.05) is 18.7 Å². The average molecular weight is 338 g/mol. The number of nitrogens with one attached hydrogen (secondary N) is 1. The van der Waals surface area contributed by atoms with E-state index in [0.29, 0.717) is 4.47 Å². The third-order valence-corrected chi connectivity index (χ3v) is 4.21. The van der Waals surface area contributed by atoms with Gasteiger partial charge in [-0.2, -0.15) is 11.8 Å². The average Bonchev–Trinajstić information content (AvgIpc) is 2.34. The number of rotatable bonds is 7. The van der Waals surface area contributed by atoms with E-state index in [9.17, 15) is 8.78 Å². The van der Waals surface area contributed by atoms with Gasteiger partial charge < -0.3 is 5.32 Å². The maximum absolute atomic E-state index is 13.7. The van der Waals surface area contributed by atoms with Gasteiger partial charge in [0.1, 0.15) is 11.6 Å². The van der Waals surface area contributed by atoms with E-state index in [4.69, 9.17) is 0 Å². The number of benzene rings is 1. The lowest BCUT2D eigenvalue weighted by atomic mass is 10.1. The number of hydrogen-bond acceptors (Lipinski definition) is 2. The van der Waals surface area contributed by atoms with Crippen molar-refractivity contribution in [2.45, 2.75) is 32.9 Å². The number of hydrogen-bond donors (Lipinski definition) is 1. The lowest BCUT2D eigenvalue weighted by Crippen LogP contribution is -2.27. The lowest BCUT2D eigenvalue weighted by molar-refractivity contribution is 0.492. The monoisotopic (exact) mass is 337 g/mol. The van der Waals surface area contributed by atoms with Crippen LogP contribution < -0.4 is 5.32 Å². The smallest absolute Gasteiger partial charge is 0.144 e. The zero-order chi connectivity index (χ0) is 13.5. The second-order valence-corrected chi connectivity index (χ2v) is 6.34. The van der Waals surface area contributed by atoms with E-state index in [1.54, 1.807) is 0 Å². The van der Waals surface area contributed by atoms with Crippen molar-refractivity contribution in [3.05, 3.63) is 33.8 Å². The summed E-state index contributed by atoms with van der Waals surface area (Å²) < 4.78 is 27.5. The van der Waals surface area contributed by atoms with E-state index < -0.39 is 11.6 Å². The van der Waals surface area contributed by atoms with Gasteiger partial charge in [0, 0.05) is 18.2 Å². The van der Waals surface area contributed by atoms with Crippen molar-refractivity contribution in [2.24, 2.45) is 0 Å². The molecule has 1 N–H and O–H groups in total. The zero-order valence-corrected chi connectivity index (χ0v) is 13.0. The Hall–Kier alpha value is -0.130. The highest BCUT2D eigenvalue weighted by Crippen LogP contribution is 2.21. The van der Waals surface area contributed by atoms with Crippen molar-refractivity contribution in [3.8, 4) is 0 Å². The largest absolute Gasteiger partial charge is 0.310 e. The van der Waals surface area contributed by atoms with Crippen LogP contribution in [0.4, 0.5) is 8.78 Å². The fourth-order valence-corrected chi connectivity index (χ4v) is 2.69. The molecule has 0 amide bonds. The molecule has 1 unspecified atom stereocenters. The second-order valence-electron chi connectivity index (χ2n) is 4.09. The normalized spacial score (nSPS) is 12.7. The van der Waals surface area contributed by atoms with E-state index in [-0.39, 0.29) is 18.2 Å². The Labute approximate surface area is 120 Å². The Morgan fingerprint density at radius 1 is 1.39 bits per heavy atom. The first-order valence-electron chi connectivity index (χ1n) is 5.99. The van der Waals surface area contributed by atoms with Gasteiger partial charge in [-0.25, -0.2) is 8.78 Å². The van der Waals surface area contributed by atoms with Gasteiger partial charge in [-0.1, -0.05) is 6.92 Å². The fourth-order valence-electron chi connectivity index (χ4n) is 1.51. The molecule has 0 bridgehead atoms. The third kappa shape index (κ3) is 4.86. The summed E-state index contributed by atoms with van der Waals surface area (Å²) >= 11 is 4.94. The molecule has 18 heavy (non-hydrogen) atoms. The predicted molar refractivity (Wildman–Crippen MR) is 78.0 cm³/mol. The van der Waals surface area contributed by atoms with Gasteiger partial charge in [-0.15, -0.1) is 0 Å². The molecule has 1 rings (SSSR count). The molecule has 0 radical (unpaired) electrons. The van der Waals surface area contributed by atoms with Crippen molar-refractivity contribution in [2.75, 3.05) is 11.5 Å². The first-order valence-corrected chi connectivity index (χ1v) is 7.94. The zero-order valence-electron chi connectivity index (χ0n) is 10.6. The van der Waals surface area contributed by atoms with Crippen LogP contribution in [0.3, 0.4) is 0 Å². The Kier molecular flexibility index (Phi) is 7.19. The summed E-state index contributed by atoms with van der Waals surface area (Å²) in [6, 6.07) is 2.92. The molecule has 0 aliphatic carbocycles. The van der Waals surface area contributed by atoms with Crippen LogP contribution in [0, 0.1) is 11.6 Å². The van der Waals surface area contributed by atoms with Crippen LogP contribution in [0.15, 0.2) is 16.6 Å². The standard InChI is InChI=1S/C13H18BrF2NS/c1-3-18-7-6-9(2)17-8-10-12(15)5-4-11(14)13(10)16/h4-5,9,17H,3,6-8H2,1-2H3. The Balaban J connectivity index is 2.50. The van der Waals surface area contributed by atoms with Crippen molar-refractivity contribution in [3.63, 3.8) is 0 Å². The minimum atomic E-state index is -0.516. The molecule has 0 spiro atoms. The number of halogens is 3. The van der Waals surface area contributed by atoms with Crippen LogP contribution in [-0.4, -0.2) is 17.5 Å². The third-order valence-electron chi connectivity index (χ3n) is 2.67.